The molecule has 0 fully saturated rings. The molecule has 2 nitrogen and oxygen atoms in total. The van der Waals surface area contributed by atoms with Crippen molar-refractivity contribution in [2.45, 2.75) is 6.54 Å². The third kappa shape index (κ3) is 1.51. The molecule has 0 bridgehead atoms. The minimum Gasteiger partial charge on any atom is -0.349 e. The maximum absolute atomic E-state index is 6.07. The molecule has 74 valence electrons. The monoisotopic (exact) mass is 208 g/mol. The van der Waals surface area contributed by atoms with E-state index in [9.17, 15) is 0 Å². The molecule has 2 rings (SSSR count). The SMILES string of the molecule is CNCc1ccc2c(Cl)cn(C)c2c1. The molecule has 0 saturated heterocycles. The zero-order chi connectivity index (χ0) is 10.1. The third-order valence-corrected chi connectivity index (χ3v) is 2.69. The summed E-state index contributed by atoms with van der Waals surface area (Å²) in [6.07, 6.45) is 1.94. The molecule has 1 aromatic heterocycles. The fourth-order valence-corrected chi connectivity index (χ4v) is 2.00. The molecule has 0 amide bonds. The average molecular weight is 209 g/mol. The lowest BCUT2D eigenvalue weighted by atomic mass is 10.1. The molecule has 1 aromatic carbocycles. The van der Waals surface area contributed by atoms with Crippen molar-refractivity contribution in [3.05, 3.63) is 35.0 Å². The molecule has 0 radical (unpaired) electrons. The van der Waals surface area contributed by atoms with Gasteiger partial charge in [0.05, 0.1) is 5.02 Å². The smallest absolute Gasteiger partial charge is 0.0661 e. The Morgan fingerprint density at radius 1 is 1.43 bits per heavy atom. The lowest BCUT2D eigenvalue weighted by Crippen LogP contribution is -2.04. The summed E-state index contributed by atoms with van der Waals surface area (Å²) in [4.78, 5) is 0. The Morgan fingerprint density at radius 2 is 2.21 bits per heavy atom. The Labute approximate surface area is 88.5 Å². The van der Waals surface area contributed by atoms with Crippen LogP contribution in [0, 0.1) is 0 Å². The number of aryl methyl sites for hydroxylation is 1. The number of rotatable bonds is 2. The van der Waals surface area contributed by atoms with Crippen LogP contribution in [0.5, 0.6) is 0 Å². The van der Waals surface area contributed by atoms with Crippen molar-refractivity contribution in [3.8, 4) is 0 Å². The van der Waals surface area contributed by atoms with Gasteiger partial charge in [0.15, 0.2) is 0 Å². The largest absolute Gasteiger partial charge is 0.349 e. The van der Waals surface area contributed by atoms with Gasteiger partial charge in [-0.1, -0.05) is 23.7 Å². The van der Waals surface area contributed by atoms with Crippen molar-refractivity contribution in [2.75, 3.05) is 7.05 Å². The van der Waals surface area contributed by atoms with Crippen LogP contribution in [0.2, 0.25) is 5.02 Å². The van der Waals surface area contributed by atoms with Crippen LogP contribution >= 0.6 is 11.6 Å². The number of benzene rings is 1. The molecule has 3 heteroatoms. The first-order valence-electron chi connectivity index (χ1n) is 4.60. The summed E-state index contributed by atoms with van der Waals surface area (Å²) in [5, 5.41) is 5.07. The van der Waals surface area contributed by atoms with Crippen molar-refractivity contribution in [2.24, 2.45) is 7.05 Å². The summed E-state index contributed by atoms with van der Waals surface area (Å²) < 4.78 is 2.05. The maximum atomic E-state index is 6.07. The van der Waals surface area contributed by atoms with Gasteiger partial charge in [0, 0.05) is 30.7 Å². The van der Waals surface area contributed by atoms with Crippen LogP contribution in [-0.2, 0) is 13.6 Å². The summed E-state index contributed by atoms with van der Waals surface area (Å²) in [7, 11) is 3.96. The summed E-state index contributed by atoms with van der Waals surface area (Å²) in [6, 6.07) is 6.34. The van der Waals surface area contributed by atoms with Crippen LogP contribution in [0.15, 0.2) is 24.4 Å². The highest BCUT2D eigenvalue weighted by atomic mass is 35.5. The number of hydrogen-bond donors (Lipinski definition) is 1. The normalized spacial score (nSPS) is 11.1. The lowest BCUT2D eigenvalue weighted by molar-refractivity contribution is 0.818. The molecule has 2 aromatic rings. The van der Waals surface area contributed by atoms with Crippen LogP contribution in [0.1, 0.15) is 5.56 Å². The second-order valence-electron chi connectivity index (χ2n) is 3.47. The summed E-state index contributed by atoms with van der Waals surface area (Å²) in [5.74, 6) is 0. The van der Waals surface area contributed by atoms with E-state index in [1.54, 1.807) is 0 Å². The summed E-state index contributed by atoms with van der Waals surface area (Å²) in [5.41, 5.74) is 2.46. The van der Waals surface area contributed by atoms with Gasteiger partial charge < -0.3 is 9.88 Å². The number of hydrogen-bond acceptors (Lipinski definition) is 1. The molecule has 1 heterocycles. The molecular formula is C11H13ClN2. The molecule has 0 aliphatic heterocycles. The van der Waals surface area contributed by atoms with Gasteiger partial charge in [0.25, 0.3) is 0 Å². The molecule has 0 aliphatic carbocycles. The van der Waals surface area contributed by atoms with Gasteiger partial charge in [0.2, 0.25) is 0 Å². The molecule has 14 heavy (non-hydrogen) atoms. The van der Waals surface area contributed by atoms with Crippen LogP contribution in [0.25, 0.3) is 10.9 Å². The maximum Gasteiger partial charge on any atom is 0.0661 e. The molecule has 0 unspecified atom stereocenters. The number of aromatic nitrogens is 1. The topological polar surface area (TPSA) is 17.0 Å². The first kappa shape index (κ1) is 9.56. The van der Waals surface area contributed by atoms with Crippen LogP contribution in [0.3, 0.4) is 0 Å². The summed E-state index contributed by atoms with van der Waals surface area (Å²) in [6.45, 7) is 0.888. The fraction of sp³-hybridized carbons (Fsp3) is 0.273. The van der Waals surface area contributed by atoms with Gasteiger partial charge in [0.1, 0.15) is 0 Å². The zero-order valence-electron chi connectivity index (χ0n) is 8.34. The van der Waals surface area contributed by atoms with Crippen LogP contribution in [-0.4, -0.2) is 11.6 Å². The Morgan fingerprint density at radius 3 is 2.93 bits per heavy atom. The van der Waals surface area contributed by atoms with E-state index < -0.39 is 0 Å². The minimum absolute atomic E-state index is 0.818. The van der Waals surface area contributed by atoms with Crippen molar-refractivity contribution in [1.29, 1.82) is 0 Å². The predicted molar refractivity (Wildman–Crippen MR) is 60.7 cm³/mol. The lowest BCUT2D eigenvalue weighted by Gasteiger charge is -2.01. The van der Waals surface area contributed by atoms with Crippen molar-refractivity contribution >= 4 is 22.5 Å². The van der Waals surface area contributed by atoms with E-state index in [-0.39, 0.29) is 0 Å². The quantitative estimate of drug-likeness (QED) is 0.803. The van der Waals surface area contributed by atoms with Crippen molar-refractivity contribution in [3.63, 3.8) is 0 Å². The summed E-state index contributed by atoms with van der Waals surface area (Å²) >= 11 is 6.07. The second kappa shape index (κ2) is 3.64. The van der Waals surface area contributed by atoms with E-state index in [4.69, 9.17) is 11.6 Å². The molecule has 1 N–H and O–H groups in total. The van der Waals surface area contributed by atoms with E-state index in [2.05, 4.69) is 28.1 Å². The highest BCUT2D eigenvalue weighted by molar-refractivity contribution is 6.35. The number of halogens is 1. The van der Waals surface area contributed by atoms with Gasteiger partial charge in [-0.15, -0.1) is 0 Å². The number of fused-ring (bicyclic) bond motifs is 1. The van der Waals surface area contributed by atoms with Crippen molar-refractivity contribution in [1.82, 2.24) is 9.88 Å². The third-order valence-electron chi connectivity index (χ3n) is 2.39. The highest BCUT2D eigenvalue weighted by Gasteiger charge is 2.04. The Hall–Kier alpha value is -0.990. The molecule has 0 atom stereocenters. The molecular weight excluding hydrogens is 196 g/mol. The van der Waals surface area contributed by atoms with E-state index in [1.807, 2.05) is 20.3 Å². The number of nitrogens with zero attached hydrogens (tertiary/aromatic N) is 1. The molecule has 0 aliphatic rings. The Kier molecular flexibility index (Phi) is 2.48. The van der Waals surface area contributed by atoms with Gasteiger partial charge in [-0.3, -0.25) is 0 Å². The molecule has 0 spiro atoms. The van der Waals surface area contributed by atoms with Gasteiger partial charge in [-0.2, -0.15) is 0 Å². The van der Waals surface area contributed by atoms with E-state index in [0.29, 0.717) is 0 Å². The van der Waals surface area contributed by atoms with Crippen LogP contribution < -0.4 is 5.32 Å². The fourth-order valence-electron chi connectivity index (χ4n) is 1.69. The van der Waals surface area contributed by atoms with Gasteiger partial charge >= 0.3 is 0 Å². The van der Waals surface area contributed by atoms with Gasteiger partial charge in [-0.05, 0) is 18.7 Å². The van der Waals surface area contributed by atoms with E-state index >= 15 is 0 Å². The first-order chi connectivity index (χ1) is 6.72. The Bertz CT molecular complexity index is 460. The van der Waals surface area contributed by atoms with E-state index in [1.165, 1.54) is 11.1 Å². The minimum atomic E-state index is 0.818. The number of nitrogens with one attached hydrogen (secondary N) is 1. The Balaban J connectivity index is 2.59. The first-order valence-corrected chi connectivity index (χ1v) is 4.98. The second-order valence-corrected chi connectivity index (χ2v) is 3.88. The highest BCUT2D eigenvalue weighted by Crippen LogP contribution is 2.25. The van der Waals surface area contributed by atoms with Gasteiger partial charge in [-0.25, -0.2) is 0 Å². The average Bonchev–Trinajstić information content (AvgIpc) is 2.43. The molecule has 0 saturated carbocycles. The van der Waals surface area contributed by atoms with Crippen LogP contribution in [0.4, 0.5) is 0 Å². The van der Waals surface area contributed by atoms with Crippen molar-refractivity contribution < 1.29 is 0 Å². The standard InChI is InChI=1S/C11H13ClN2/c1-13-6-8-3-4-9-10(12)7-14(2)11(9)5-8/h3-5,7,13H,6H2,1-2H3. The zero-order valence-corrected chi connectivity index (χ0v) is 9.10. The van der Waals surface area contributed by atoms with E-state index in [0.717, 1.165) is 17.0 Å². The predicted octanol–water partition coefficient (Wildman–Crippen LogP) is 2.55.